The number of hydrogen-bond acceptors (Lipinski definition) is 9. The first kappa shape index (κ1) is 17.2. The predicted octanol–water partition coefficient (Wildman–Crippen LogP) is 1.98. The minimum Gasteiger partial charge on any atom is -0.490 e. The average molecular weight is 337 g/mol. The summed E-state index contributed by atoms with van der Waals surface area (Å²) < 4.78 is 20.1. The van der Waals surface area contributed by atoms with Crippen LogP contribution in [0.5, 0.6) is 11.5 Å². The summed E-state index contributed by atoms with van der Waals surface area (Å²) in [5, 5.41) is 14.4. The number of carbonyl (C=O) groups excluding carboxylic acids is 1. The van der Waals surface area contributed by atoms with E-state index < -0.39 is 23.6 Å². The van der Waals surface area contributed by atoms with Crippen LogP contribution in [0.15, 0.2) is 22.7 Å². The molecule has 0 amide bonds. The maximum Gasteiger partial charge on any atom is 0.344 e. The van der Waals surface area contributed by atoms with Gasteiger partial charge in [-0.2, -0.15) is 4.98 Å². The van der Waals surface area contributed by atoms with Crippen LogP contribution in [0.1, 0.15) is 24.7 Å². The summed E-state index contributed by atoms with van der Waals surface area (Å²) >= 11 is 0. The molecule has 10 heteroatoms. The molecule has 1 unspecified atom stereocenters. The van der Waals surface area contributed by atoms with Crippen LogP contribution in [-0.4, -0.2) is 34.7 Å². The van der Waals surface area contributed by atoms with Crippen LogP contribution in [0.3, 0.4) is 0 Å². The molecule has 1 aromatic carbocycles. The molecule has 0 bridgehead atoms. The van der Waals surface area contributed by atoms with Crippen molar-refractivity contribution in [1.82, 2.24) is 10.1 Å². The summed E-state index contributed by atoms with van der Waals surface area (Å²) in [6.45, 7) is 2.84. The van der Waals surface area contributed by atoms with Crippen molar-refractivity contribution in [1.29, 1.82) is 0 Å². The van der Waals surface area contributed by atoms with Gasteiger partial charge in [0.25, 0.3) is 5.89 Å². The molecule has 10 nitrogen and oxygen atoms in total. The molecule has 24 heavy (non-hydrogen) atoms. The molecule has 1 heterocycles. The molecular weight excluding hydrogens is 322 g/mol. The second-order valence-corrected chi connectivity index (χ2v) is 4.69. The number of ether oxygens (including phenoxy) is 3. The van der Waals surface area contributed by atoms with Crippen LogP contribution in [0.2, 0.25) is 0 Å². The summed E-state index contributed by atoms with van der Waals surface area (Å²) in [5.41, 5.74) is -0.201. The molecule has 0 spiro atoms. The second-order valence-electron chi connectivity index (χ2n) is 4.69. The highest BCUT2D eigenvalue weighted by molar-refractivity contribution is 5.71. The van der Waals surface area contributed by atoms with Crippen molar-refractivity contribution < 1.29 is 28.5 Å². The largest absolute Gasteiger partial charge is 0.490 e. The molecule has 0 aliphatic rings. The van der Waals surface area contributed by atoms with E-state index in [9.17, 15) is 14.9 Å². The number of methoxy groups -OCH3 is 1. The molecule has 1 aromatic heterocycles. The van der Waals surface area contributed by atoms with E-state index in [-0.39, 0.29) is 23.1 Å². The monoisotopic (exact) mass is 337 g/mol. The molecular formula is C14H15N3O7. The average Bonchev–Trinajstić information content (AvgIpc) is 2.99. The predicted molar refractivity (Wildman–Crippen MR) is 78.7 cm³/mol. The fraction of sp³-hybridized carbons (Fsp3) is 0.357. The Kier molecular flexibility index (Phi) is 5.30. The van der Waals surface area contributed by atoms with Gasteiger partial charge in [-0.1, -0.05) is 5.16 Å². The quantitative estimate of drug-likeness (QED) is 0.423. The highest BCUT2D eigenvalue weighted by atomic mass is 16.6. The third-order valence-electron chi connectivity index (χ3n) is 2.90. The standard InChI is InChI=1S/C14H15N3O7/c1-8(14-15-9(2)16-24-14)23-13(18)7-22-10-4-5-11(17(19)20)12(6-10)21-3/h4-6,8H,7H2,1-3H3. The van der Waals surface area contributed by atoms with Crippen molar-refractivity contribution in [2.24, 2.45) is 0 Å². The van der Waals surface area contributed by atoms with E-state index in [1.807, 2.05) is 0 Å². The van der Waals surface area contributed by atoms with E-state index in [1.54, 1.807) is 13.8 Å². The molecule has 0 saturated heterocycles. The van der Waals surface area contributed by atoms with Crippen molar-refractivity contribution in [3.8, 4) is 11.5 Å². The number of hydrogen-bond donors (Lipinski definition) is 0. The van der Waals surface area contributed by atoms with Gasteiger partial charge >= 0.3 is 11.7 Å². The van der Waals surface area contributed by atoms with Gasteiger partial charge in [-0.05, 0) is 19.9 Å². The van der Waals surface area contributed by atoms with Gasteiger partial charge in [0.1, 0.15) is 5.75 Å². The van der Waals surface area contributed by atoms with E-state index >= 15 is 0 Å². The number of nitrogens with zero attached hydrogens (tertiary/aromatic N) is 3. The van der Waals surface area contributed by atoms with E-state index in [1.165, 1.54) is 25.3 Å². The number of aromatic nitrogens is 2. The van der Waals surface area contributed by atoms with E-state index in [0.29, 0.717) is 5.82 Å². The SMILES string of the molecule is COc1cc(OCC(=O)OC(C)c2nc(C)no2)ccc1[N+](=O)[O-]. The van der Waals surface area contributed by atoms with Crippen molar-refractivity contribution in [2.45, 2.75) is 20.0 Å². The van der Waals surface area contributed by atoms with Crippen molar-refractivity contribution in [3.63, 3.8) is 0 Å². The fourth-order valence-corrected chi connectivity index (χ4v) is 1.80. The van der Waals surface area contributed by atoms with Crippen molar-refractivity contribution in [3.05, 3.63) is 40.0 Å². The first-order valence-electron chi connectivity index (χ1n) is 6.85. The summed E-state index contributed by atoms with van der Waals surface area (Å²) in [5.74, 6) is 0.215. The zero-order valence-electron chi connectivity index (χ0n) is 13.2. The maximum absolute atomic E-state index is 11.8. The molecule has 0 fully saturated rings. The smallest absolute Gasteiger partial charge is 0.344 e. The maximum atomic E-state index is 11.8. The van der Waals surface area contributed by atoms with Gasteiger partial charge in [-0.15, -0.1) is 0 Å². The minimum atomic E-state index is -0.714. The lowest BCUT2D eigenvalue weighted by Crippen LogP contribution is -2.17. The summed E-state index contributed by atoms with van der Waals surface area (Å²) in [7, 11) is 1.30. The van der Waals surface area contributed by atoms with Crippen LogP contribution in [0.25, 0.3) is 0 Å². The Balaban J connectivity index is 1.93. The molecule has 0 saturated carbocycles. The molecule has 0 N–H and O–H groups in total. The van der Waals surface area contributed by atoms with Gasteiger partial charge in [0.05, 0.1) is 12.0 Å². The van der Waals surface area contributed by atoms with E-state index in [4.69, 9.17) is 18.7 Å². The van der Waals surface area contributed by atoms with Crippen molar-refractivity contribution >= 4 is 11.7 Å². The van der Waals surface area contributed by atoms with Crippen LogP contribution in [-0.2, 0) is 9.53 Å². The van der Waals surface area contributed by atoms with Crippen LogP contribution in [0.4, 0.5) is 5.69 Å². The number of benzene rings is 1. The number of nitro benzene ring substituents is 1. The third kappa shape index (κ3) is 4.18. The number of nitro groups is 1. The molecule has 2 rings (SSSR count). The van der Waals surface area contributed by atoms with Gasteiger partial charge < -0.3 is 18.7 Å². The van der Waals surface area contributed by atoms with E-state index in [0.717, 1.165) is 0 Å². The normalized spacial score (nSPS) is 11.6. The van der Waals surface area contributed by atoms with Crippen LogP contribution in [0, 0.1) is 17.0 Å². The molecule has 128 valence electrons. The summed E-state index contributed by atoms with van der Waals surface area (Å²) in [6.07, 6.45) is -0.714. The lowest BCUT2D eigenvalue weighted by molar-refractivity contribution is -0.385. The first-order valence-corrected chi connectivity index (χ1v) is 6.85. The Morgan fingerprint density at radius 1 is 1.46 bits per heavy atom. The molecule has 0 aliphatic carbocycles. The fourth-order valence-electron chi connectivity index (χ4n) is 1.80. The zero-order valence-corrected chi connectivity index (χ0v) is 13.2. The molecule has 2 aromatic rings. The van der Waals surface area contributed by atoms with Crippen LogP contribution >= 0.6 is 0 Å². The number of carbonyl (C=O) groups is 1. The lowest BCUT2D eigenvalue weighted by Gasteiger charge is -2.10. The van der Waals surface area contributed by atoms with Crippen molar-refractivity contribution in [2.75, 3.05) is 13.7 Å². The van der Waals surface area contributed by atoms with Gasteiger partial charge in [0.2, 0.25) is 5.75 Å². The highest BCUT2D eigenvalue weighted by Crippen LogP contribution is 2.30. The van der Waals surface area contributed by atoms with Crippen LogP contribution < -0.4 is 9.47 Å². The Bertz CT molecular complexity index is 744. The van der Waals surface area contributed by atoms with Gasteiger partial charge in [0.15, 0.2) is 18.5 Å². The third-order valence-corrected chi connectivity index (χ3v) is 2.90. The molecule has 0 radical (unpaired) electrons. The number of esters is 1. The molecule has 1 atom stereocenters. The Hall–Kier alpha value is -3.17. The van der Waals surface area contributed by atoms with E-state index in [2.05, 4.69) is 10.1 Å². The lowest BCUT2D eigenvalue weighted by atomic mass is 10.3. The Morgan fingerprint density at radius 2 is 2.21 bits per heavy atom. The zero-order chi connectivity index (χ0) is 17.7. The minimum absolute atomic E-state index is 0.0283. The van der Waals surface area contributed by atoms with Gasteiger partial charge in [0, 0.05) is 12.1 Å². The summed E-state index contributed by atoms with van der Waals surface area (Å²) in [4.78, 5) is 25.9. The topological polar surface area (TPSA) is 127 Å². The summed E-state index contributed by atoms with van der Waals surface area (Å²) in [6, 6.07) is 3.90. The molecule has 0 aliphatic heterocycles. The van der Waals surface area contributed by atoms with Gasteiger partial charge in [-0.25, -0.2) is 4.79 Å². The Morgan fingerprint density at radius 3 is 2.79 bits per heavy atom. The second kappa shape index (κ2) is 7.40. The Labute approximate surface area is 136 Å². The number of rotatable bonds is 7. The number of aryl methyl sites for hydroxylation is 1. The highest BCUT2D eigenvalue weighted by Gasteiger charge is 2.19. The van der Waals surface area contributed by atoms with Gasteiger partial charge in [-0.3, -0.25) is 10.1 Å². The first-order chi connectivity index (χ1) is 11.4.